The Morgan fingerprint density at radius 2 is 2.20 bits per heavy atom. The number of nitrogens with zero attached hydrogens (tertiary/aromatic N) is 2. The summed E-state index contributed by atoms with van der Waals surface area (Å²) in [5.74, 6) is -1.50. The van der Waals surface area contributed by atoms with Crippen LogP contribution in [0.25, 0.3) is 0 Å². The zero-order chi connectivity index (χ0) is 14.7. The van der Waals surface area contributed by atoms with Crippen molar-refractivity contribution >= 4 is 28.2 Å². The standard InChI is InChI=1S/C13H13N3O3S/c1-7(9-4-3-5-14-6-9)15-13-16-10(12(18)19)11(20-13)8(2)17/h3-7H,1-2H3,(H,15,16)(H,18,19). The molecule has 0 saturated heterocycles. The molecule has 0 saturated carbocycles. The van der Waals surface area contributed by atoms with Crippen molar-refractivity contribution in [3.63, 3.8) is 0 Å². The molecule has 6 nitrogen and oxygen atoms in total. The first-order valence-corrected chi connectivity index (χ1v) is 6.72. The molecule has 0 aliphatic carbocycles. The van der Waals surface area contributed by atoms with Crippen LogP contribution in [0.5, 0.6) is 0 Å². The number of aromatic carboxylic acids is 1. The first-order chi connectivity index (χ1) is 9.49. The SMILES string of the molecule is CC(=O)c1sc(NC(C)c2cccnc2)nc1C(=O)O. The zero-order valence-electron chi connectivity index (χ0n) is 11.0. The molecule has 0 spiro atoms. The van der Waals surface area contributed by atoms with Gasteiger partial charge in [0.1, 0.15) is 4.88 Å². The highest BCUT2D eigenvalue weighted by Gasteiger charge is 2.21. The van der Waals surface area contributed by atoms with Gasteiger partial charge in [-0.25, -0.2) is 9.78 Å². The maximum Gasteiger partial charge on any atom is 0.356 e. The summed E-state index contributed by atoms with van der Waals surface area (Å²) in [4.78, 5) is 30.6. The summed E-state index contributed by atoms with van der Waals surface area (Å²) in [6, 6.07) is 3.64. The summed E-state index contributed by atoms with van der Waals surface area (Å²) < 4.78 is 0. The van der Waals surface area contributed by atoms with Crippen molar-refractivity contribution in [3.8, 4) is 0 Å². The molecule has 0 amide bonds. The third kappa shape index (κ3) is 3.00. The van der Waals surface area contributed by atoms with Crippen LogP contribution in [0.3, 0.4) is 0 Å². The van der Waals surface area contributed by atoms with Crippen molar-refractivity contribution in [2.24, 2.45) is 0 Å². The van der Waals surface area contributed by atoms with Crippen LogP contribution in [0.1, 0.15) is 45.6 Å². The molecule has 2 aromatic heterocycles. The van der Waals surface area contributed by atoms with Crippen molar-refractivity contribution in [1.29, 1.82) is 0 Å². The predicted molar refractivity (Wildman–Crippen MR) is 75.4 cm³/mol. The van der Waals surface area contributed by atoms with E-state index in [1.54, 1.807) is 12.4 Å². The molecule has 7 heteroatoms. The van der Waals surface area contributed by atoms with Gasteiger partial charge in [-0.3, -0.25) is 9.78 Å². The molecule has 0 fully saturated rings. The van der Waals surface area contributed by atoms with Gasteiger partial charge in [-0.1, -0.05) is 17.4 Å². The molecule has 20 heavy (non-hydrogen) atoms. The first kappa shape index (κ1) is 14.1. The number of nitrogens with one attached hydrogen (secondary N) is 1. The molecular weight excluding hydrogens is 278 g/mol. The summed E-state index contributed by atoms with van der Waals surface area (Å²) >= 11 is 1.05. The molecule has 2 N–H and O–H groups in total. The molecule has 2 heterocycles. The number of carbonyl (C=O) groups excluding carboxylic acids is 1. The van der Waals surface area contributed by atoms with E-state index < -0.39 is 5.97 Å². The van der Waals surface area contributed by atoms with Gasteiger partial charge in [0.15, 0.2) is 16.6 Å². The summed E-state index contributed by atoms with van der Waals surface area (Å²) in [5, 5.41) is 12.5. The quantitative estimate of drug-likeness (QED) is 0.823. The number of pyridine rings is 1. The second kappa shape index (κ2) is 5.79. The average Bonchev–Trinajstić information content (AvgIpc) is 2.84. The first-order valence-electron chi connectivity index (χ1n) is 5.90. The van der Waals surface area contributed by atoms with Gasteiger partial charge in [0, 0.05) is 19.3 Å². The molecule has 1 atom stereocenters. The number of thiazole rings is 1. The number of Topliss-reactive ketones (excluding diaryl/α,β-unsaturated/α-hetero) is 1. The van der Waals surface area contributed by atoms with E-state index in [-0.39, 0.29) is 22.4 Å². The molecule has 104 valence electrons. The van der Waals surface area contributed by atoms with E-state index in [9.17, 15) is 9.59 Å². The smallest absolute Gasteiger partial charge is 0.356 e. The fraction of sp³-hybridized carbons (Fsp3) is 0.231. The Hall–Kier alpha value is -2.28. The Morgan fingerprint density at radius 3 is 2.70 bits per heavy atom. The van der Waals surface area contributed by atoms with Crippen molar-refractivity contribution in [1.82, 2.24) is 9.97 Å². The molecule has 1 unspecified atom stereocenters. The van der Waals surface area contributed by atoms with Crippen LogP contribution >= 0.6 is 11.3 Å². The third-order valence-corrected chi connectivity index (χ3v) is 3.76. The molecule has 0 aliphatic rings. The second-order valence-electron chi connectivity index (χ2n) is 4.21. The van der Waals surface area contributed by atoms with Crippen LogP contribution in [0.15, 0.2) is 24.5 Å². The number of hydrogen-bond donors (Lipinski definition) is 2. The Labute approximate surface area is 119 Å². The van der Waals surface area contributed by atoms with Gasteiger partial charge < -0.3 is 10.4 Å². The van der Waals surface area contributed by atoms with E-state index in [0.29, 0.717) is 5.13 Å². The number of carbonyl (C=O) groups is 2. The molecule has 2 aromatic rings. The van der Waals surface area contributed by atoms with E-state index >= 15 is 0 Å². The van der Waals surface area contributed by atoms with Crippen LogP contribution in [-0.2, 0) is 0 Å². The maximum atomic E-state index is 11.4. The van der Waals surface area contributed by atoms with Crippen LogP contribution in [0, 0.1) is 0 Å². The normalized spacial score (nSPS) is 11.9. The molecule has 0 bridgehead atoms. The van der Waals surface area contributed by atoms with E-state index in [1.165, 1.54) is 6.92 Å². The maximum absolute atomic E-state index is 11.4. The Morgan fingerprint density at radius 1 is 1.45 bits per heavy atom. The minimum absolute atomic E-state index is 0.0868. The minimum atomic E-state index is -1.20. The molecule has 0 radical (unpaired) electrons. The van der Waals surface area contributed by atoms with E-state index in [0.717, 1.165) is 16.9 Å². The summed E-state index contributed by atoms with van der Waals surface area (Å²) in [6.45, 7) is 3.24. The van der Waals surface area contributed by atoms with Gasteiger partial charge >= 0.3 is 5.97 Å². The highest BCUT2D eigenvalue weighted by Crippen LogP contribution is 2.27. The minimum Gasteiger partial charge on any atom is -0.476 e. The highest BCUT2D eigenvalue weighted by molar-refractivity contribution is 7.17. The number of anilines is 1. The van der Waals surface area contributed by atoms with Crippen molar-refractivity contribution in [2.75, 3.05) is 5.32 Å². The van der Waals surface area contributed by atoms with Crippen LogP contribution in [0.2, 0.25) is 0 Å². The lowest BCUT2D eigenvalue weighted by Gasteiger charge is -2.12. The summed E-state index contributed by atoms with van der Waals surface area (Å²) in [6.07, 6.45) is 3.39. The fourth-order valence-electron chi connectivity index (χ4n) is 1.67. The lowest BCUT2D eigenvalue weighted by Crippen LogP contribution is -2.07. The number of carboxylic acid groups (broad SMARTS) is 1. The Kier molecular flexibility index (Phi) is 4.09. The van der Waals surface area contributed by atoms with Crippen molar-refractivity contribution in [3.05, 3.63) is 40.7 Å². The van der Waals surface area contributed by atoms with Crippen LogP contribution in [0.4, 0.5) is 5.13 Å². The summed E-state index contributed by atoms with van der Waals surface area (Å²) in [7, 11) is 0. The van der Waals surface area contributed by atoms with Gasteiger partial charge in [0.05, 0.1) is 6.04 Å². The average molecular weight is 291 g/mol. The number of aromatic nitrogens is 2. The van der Waals surface area contributed by atoms with E-state index in [4.69, 9.17) is 5.11 Å². The highest BCUT2D eigenvalue weighted by atomic mass is 32.1. The number of rotatable bonds is 5. The molecule has 2 rings (SSSR count). The molecule has 0 aliphatic heterocycles. The summed E-state index contributed by atoms with van der Waals surface area (Å²) in [5.41, 5.74) is 0.743. The largest absolute Gasteiger partial charge is 0.476 e. The van der Waals surface area contributed by atoms with E-state index in [2.05, 4.69) is 15.3 Å². The van der Waals surface area contributed by atoms with Crippen molar-refractivity contribution in [2.45, 2.75) is 19.9 Å². The number of ketones is 1. The Bertz CT molecular complexity index is 608. The number of hydrogen-bond acceptors (Lipinski definition) is 6. The van der Waals surface area contributed by atoms with Crippen LogP contribution in [-0.4, -0.2) is 26.8 Å². The lowest BCUT2D eigenvalue weighted by molar-refractivity contribution is 0.0687. The van der Waals surface area contributed by atoms with Crippen LogP contribution < -0.4 is 5.32 Å². The van der Waals surface area contributed by atoms with E-state index in [1.807, 2.05) is 19.1 Å². The van der Waals surface area contributed by atoms with Crippen molar-refractivity contribution < 1.29 is 14.7 Å². The lowest BCUT2D eigenvalue weighted by atomic mass is 10.1. The van der Waals surface area contributed by atoms with Gasteiger partial charge in [-0.05, 0) is 18.6 Å². The van der Waals surface area contributed by atoms with Gasteiger partial charge in [-0.15, -0.1) is 0 Å². The number of carboxylic acids is 1. The monoisotopic (exact) mass is 291 g/mol. The molecule has 0 aromatic carbocycles. The predicted octanol–water partition coefficient (Wildman–Crippen LogP) is 2.61. The Balaban J connectivity index is 2.24. The zero-order valence-corrected chi connectivity index (χ0v) is 11.8. The van der Waals surface area contributed by atoms with Gasteiger partial charge in [0.25, 0.3) is 0 Å². The fourth-order valence-corrected chi connectivity index (χ4v) is 2.61. The third-order valence-electron chi connectivity index (χ3n) is 2.67. The topological polar surface area (TPSA) is 92.2 Å². The molecular formula is C13H13N3O3S. The van der Waals surface area contributed by atoms with Gasteiger partial charge in [-0.2, -0.15) is 0 Å². The van der Waals surface area contributed by atoms with Gasteiger partial charge in [0.2, 0.25) is 0 Å². The second-order valence-corrected chi connectivity index (χ2v) is 5.21.